The van der Waals surface area contributed by atoms with Crippen molar-refractivity contribution in [2.24, 2.45) is 11.8 Å². The molecule has 39 heavy (non-hydrogen) atoms. The Morgan fingerprint density at radius 3 is 2.23 bits per heavy atom. The molecule has 3 aromatic rings. The lowest BCUT2D eigenvalue weighted by Crippen LogP contribution is -2.29. The third-order valence-electron chi connectivity index (χ3n) is 6.88. The van der Waals surface area contributed by atoms with Crippen molar-refractivity contribution < 1.29 is 19.0 Å². The van der Waals surface area contributed by atoms with E-state index in [1.165, 1.54) is 5.56 Å². The van der Waals surface area contributed by atoms with Crippen LogP contribution in [0.4, 0.5) is 0 Å². The molecular formula is C33H42N2O4. The van der Waals surface area contributed by atoms with Crippen LogP contribution in [0.5, 0.6) is 17.2 Å². The summed E-state index contributed by atoms with van der Waals surface area (Å²) < 4.78 is 18.4. The van der Waals surface area contributed by atoms with Crippen LogP contribution in [0.25, 0.3) is 10.8 Å². The molecule has 0 atom stereocenters. The van der Waals surface area contributed by atoms with Gasteiger partial charge in [0.2, 0.25) is 0 Å². The third-order valence-corrected chi connectivity index (χ3v) is 6.88. The summed E-state index contributed by atoms with van der Waals surface area (Å²) in [5, 5.41) is 1.68. The molecule has 0 fully saturated rings. The normalized spacial score (nSPS) is 13.1. The van der Waals surface area contributed by atoms with Gasteiger partial charge in [-0.25, -0.2) is 0 Å². The molecular weight excluding hydrogens is 488 g/mol. The maximum atomic E-state index is 13.9. The molecule has 0 unspecified atom stereocenters. The Morgan fingerprint density at radius 1 is 0.846 bits per heavy atom. The van der Waals surface area contributed by atoms with Gasteiger partial charge in [-0.05, 0) is 42.4 Å². The molecule has 208 valence electrons. The zero-order chi connectivity index (χ0) is 27.8. The topological polar surface area (TPSA) is 51.2 Å². The zero-order valence-corrected chi connectivity index (χ0v) is 24.0. The number of hydrogen-bond acceptors (Lipinski definition) is 6. The lowest BCUT2D eigenvalue weighted by atomic mass is 10.00. The van der Waals surface area contributed by atoms with E-state index >= 15 is 0 Å². The fourth-order valence-electron chi connectivity index (χ4n) is 4.64. The van der Waals surface area contributed by atoms with Gasteiger partial charge in [0.15, 0.2) is 5.78 Å². The van der Waals surface area contributed by atoms with Crippen molar-refractivity contribution in [1.82, 2.24) is 9.80 Å². The van der Waals surface area contributed by atoms with Gasteiger partial charge in [-0.3, -0.25) is 4.79 Å². The van der Waals surface area contributed by atoms with Crippen LogP contribution in [0.15, 0.2) is 67.0 Å². The van der Waals surface area contributed by atoms with Crippen LogP contribution in [0.3, 0.4) is 0 Å². The van der Waals surface area contributed by atoms with Crippen molar-refractivity contribution in [3.63, 3.8) is 0 Å². The molecule has 1 heterocycles. The Hall–Kier alpha value is -3.67. The molecule has 0 aliphatic carbocycles. The van der Waals surface area contributed by atoms with E-state index < -0.39 is 0 Å². The second-order valence-electron chi connectivity index (χ2n) is 11.0. The van der Waals surface area contributed by atoms with E-state index in [4.69, 9.17) is 14.2 Å². The molecule has 0 radical (unpaired) electrons. The maximum Gasteiger partial charge on any atom is 0.186 e. The summed E-state index contributed by atoms with van der Waals surface area (Å²) in [5.41, 5.74) is 1.77. The predicted molar refractivity (Wildman–Crippen MR) is 157 cm³/mol. The van der Waals surface area contributed by atoms with E-state index in [2.05, 4.69) is 44.7 Å². The summed E-state index contributed by atoms with van der Waals surface area (Å²) in [5.74, 6) is 2.93. The molecule has 0 bridgehead atoms. The summed E-state index contributed by atoms with van der Waals surface area (Å²) >= 11 is 0. The maximum absolute atomic E-state index is 13.9. The molecule has 6 heteroatoms. The summed E-state index contributed by atoms with van der Waals surface area (Å²) in [6.45, 7) is 11.5. The Bertz CT molecular complexity index is 1270. The largest absolute Gasteiger partial charge is 0.496 e. The number of hydrogen-bond donors (Lipinski definition) is 0. The quantitative estimate of drug-likeness (QED) is 0.207. The van der Waals surface area contributed by atoms with Gasteiger partial charge in [-0.2, -0.15) is 0 Å². The number of rotatable bonds is 14. The molecule has 0 amide bonds. The molecule has 0 saturated carbocycles. The second-order valence-corrected chi connectivity index (χ2v) is 11.0. The van der Waals surface area contributed by atoms with Gasteiger partial charge in [0, 0.05) is 24.3 Å². The van der Waals surface area contributed by atoms with E-state index in [1.807, 2.05) is 59.8 Å². The SMILES string of the molecule is COc1cccc2c(OCCC(C)C)cc(C(=O)CN3C=CN(Cc4ccccc4)C3)c(OCCC(C)C)c12. The van der Waals surface area contributed by atoms with E-state index in [1.54, 1.807) is 7.11 Å². The molecule has 0 N–H and O–H groups in total. The van der Waals surface area contributed by atoms with Crippen molar-refractivity contribution in [3.8, 4) is 17.2 Å². The van der Waals surface area contributed by atoms with Gasteiger partial charge in [0.1, 0.15) is 17.2 Å². The minimum Gasteiger partial charge on any atom is -0.496 e. The number of fused-ring (bicyclic) bond motifs is 1. The van der Waals surface area contributed by atoms with E-state index in [9.17, 15) is 4.79 Å². The molecule has 4 rings (SSSR count). The van der Waals surface area contributed by atoms with Crippen molar-refractivity contribution in [3.05, 3.63) is 78.1 Å². The number of ether oxygens (including phenoxy) is 3. The first-order valence-corrected chi connectivity index (χ1v) is 14.0. The second kappa shape index (κ2) is 13.4. The Kier molecular flexibility index (Phi) is 9.74. The monoisotopic (exact) mass is 530 g/mol. The number of carbonyl (C=O) groups excluding carboxylic acids is 1. The smallest absolute Gasteiger partial charge is 0.186 e. The number of carbonyl (C=O) groups is 1. The first kappa shape index (κ1) is 28.3. The fraction of sp³-hybridized carbons (Fsp3) is 0.424. The van der Waals surface area contributed by atoms with Gasteiger partial charge in [-0.15, -0.1) is 0 Å². The number of Topliss-reactive ketones (excluding diaryl/α,β-unsaturated/α-hetero) is 1. The van der Waals surface area contributed by atoms with Crippen LogP contribution in [-0.2, 0) is 6.54 Å². The average Bonchev–Trinajstić information content (AvgIpc) is 3.35. The number of methoxy groups -OCH3 is 1. The number of benzene rings is 3. The summed E-state index contributed by atoms with van der Waals surface area (Å²) in [6.07, 6.45) is 5.85. The number of ketones is 1. The molecule has 1 aliphatic heterocycles. The lowest BCUT2D eigenvalue weighted by Gasteiger charge is -2.23. The van der Waals surface area contributed by atoms with Crippen LogP contribution < -0.4 is 14.2 Å². The van der Waals surface area contributed by atoms with Gasteiger partial charge in [0.25, 0.3) is 0 Å². The minimum atomic E-state index is -0.0118. The molecule has 0 spiro atoms. The van der Waals surface area contributed by atoms with E-state index in [0.29, 0.717) is 54.5 Å². The summed E-state index contributed by atoms with van der Waals surface area (Å²) in [7, 11) is 1.65. The summed E-state index contributed by atoms with van der Waals surface area (Å²) in [4.78, 5) is 18.1. The Balaban J connectivity index is 1.63. The highest BCUT2D eigenvalue weighted by Crippen LogP contribution is 2.42. The average molecular weight is 531 g/mol. The van der Waals surface area contributed by atoms with Crippen LogP contribution >= 0.6 is 0 Å². The molecule has 1 aliphatic rings. The molecule has 0 aromatic heterocycles. The zero-order valence-electron chi connectivity index (χ0n) is 24.0. The Morgan fingerprint density at radius 2 is 1.54 bits per heavy atom. The van der Waals surface area contributed by atoms with Gasteiger partial charge in [0.05, 0.1) is 44.5 Å². The minimum absolute atomic E-state index is 0.0118. The van der Waals surface area contributed by atoms with Crippen LogP contribution in [0.1, 0.15) is 56.5 Å². The third kappa shape index (κ3) is 7.47. The Labute approximate surface area is 233 Å². The summed E-state index contributed by atoms with van der Waals surface area (Å²) in [6, 6.07) is 18.1. The van der Waals surface area contributed by atoms with E-state index in [0.717, 1.165) is 30.2 Å². The van der Waals surface area contributed by atoms with Crippen LogP contribution in [-0.4, -0.2) is 49.1 Å². The van der Waals surface area contributed by atoms with Crippen molar-refractivity contribution >= 4 is 16.6 Å². The van der Waals surface area contributed by atoms with Gasteiger partial charge >= 0.3 is 0 Å². The van der Waals surface area contributed by atoms with Crippen LogP contribution in [0.2, 0.25) is 0 Å². The van der Waals surface area contributed by atoms with Crippen molar-refractivity contribution in [1.29, 1.82) is 0 Å². The van der Waals surface area contributed by atoms with E-state index in [-0.39, 0.29) is 12.3 Å². The number of nitrogens with zero attached hydrogens (tertiary/aromatic N) is 2. The molecule has 0 saturated heterocycles. The van der Waals surface area contributed by atoms with Gasteiger partial charge < -0.3 is 24.0 Å². The van der Waals surface area contributed by atoms with Gasteiger partial charge in [-0.1, -0.05) is 70.2 Å². The standard InChI is InChI=1S/C33H42N2O4/c1-24(2)14-18-38-31-20-28(29(36)22-35-17-16-34(23-35)21-26-10-7-6-8-11-26)33(39-19-15-25(3)4)32-27(31)12-9-13-30(32)37-5/h6-13,16-17,20,24-25H,14-15,18-19,21-23H2,1-5H3. The predicted octanol–water partition coefficient (Wildman–Crippen LogP) is 7.13. The highest BCUT2D eigenvalue weighted by atomic mass is 16.5. The first-order valence-electron chi connectivity index (χ1n) is 14.0. The first-order chi connectivity index (χ1) is 18.9. The lowest BCUT2D eigenvalue weighted by molar-refractivity contribution is 0.0940. The van der Waals surface area contributed by atoms with Crippen molar-refractivity contribution in [2.45, 2.75) is 47.1 Å². The highest BCUT2D eigenvalue weighted by Gasteiger charge is 2.25. The fourth-order valence-corrected chi connectivity index (χ4v) is 4.64. The van der Waals surface area contributed by atoms with Crippen LogP contribution in [0, 0.1) is 11.8 Å². The molecule has 6 nitrogen and oxygen atoms in total. The highest BCUT2D eigenvalue weighted by molar-refractivity contribution is 6.09. The van der Waals surface area contributed by atoms with Crippen molar-refractivity contribution in [2.75, 3.05) is 33.5 Å². The molecule has 3 aromatic carbocycles.